The first-order valence-corrected chi connectivity index (χ1v) is 10.6. The summed E-state index contributed by atoms with van der Waals surface area (Å²) in [5.74, 6) is 1.68. The number of nitrogens with one attached hydrogen (secondary N) is 2. The molecule has 0 aliphatic carbocycles. The van der Waals surface area contributed by atoms with E-state index in [1.54, 1.807) is 6.92 Å². The summed E-state index contributed by atoms with van der Waals surface area (Å²) in [4.78, 5) is 14.1. The summed E-state index contributed by atoms with van der Waals surface area (Å²) in [6.07, 6.45) is 1.82. The molecule has 2 rings (SSSR count). The van der Waals surface area contributed by atoms with Crippen molar-refractivity contribution >= 4 is 15.8 Å². The normalized spacial score (nSPS) is 12.2. The number of hydrogen-bond acceptors (Lipinski definition) is 4. The molecule has 0 aliphatic heterocycles. The Kier molecular flexibility index (Phi) is 7.20. The Labute approximate surface area is 155 Å². The van der Waals surface area contributed by atoms with Gasteiger partial charge in [0.15, 0.2) is 15.8 Å². The molecule has 0 bridgehead atoms. The number of nitrogens with zero attached hydrogens (tertiary/aromatic N) is 3. The predicted octanol–water partition coefficient (Wildman–Crippen LogP) is 1.91. The van der Waals surface area contributed by atoms with E-state index in [0.717, 1.165) is 17.1 Å². The largest absolute Gasteiger partial charge is 0.357 e. The minimum Gasteiger partial charge on any atom is -0.357 e. The van der Waals surface area contributed by atoms with Crippen LogP contribution >= 0.6 is 0 Å². The molecule has 26 heavy (non-hydrogen) atoms. The van der Waals surface area contributed by atoms with Crippen LogP contribution in [-0.4, -0.2) is 60.9 Å². The number of imidazole rings is 1. The van der Waals surface area contributed by atoms with Crippen LogP contribution < -0.4 is 5.32 Å². The molecule has 0 unspecified atom stereocenters. The molecule has 0 spiro atoms. The quantitative estimate of drug-likeness (QED) is 0.542. The van der Waals surface area contributed by atoms with Gasteiger partial charge in [-0.15, -0.1) is 0 Å². The lowest BCUT2D eigenvalue weighted by molar-refractivity contribution is 0.464. The van der Waals surface area contributed by atoms with E-state index in [0.29, 0.717) is 19.0 Å². The first-order valence-electron chi connectivity index (χ1n) is 8.74. The smallest absolute Gasteiger partial charge is 0.194 e. The highest BCUT2D eigenvalue weighted by Gasteiger charge is 2.11. The minimum atomic E-state index is -3.01. The van der Waals surface area contributed by atoms with Crippen molar-refractivity contribution in [3.05, 3.63) is 42.4 Å². The monoisotopic (exact) mass is 377 g/mol. The fourth-order valence-corrected chi connectivity index (χ4v) is 3.07. The zero-order valence-corrected chi connectivity index (χ0v) is 16.4. The minimum absolute atomic E-state index is 0.0607. The zero-order valence-electron chi connectivity index (χ0n) is 15.6. The predicted molar refractivity (Wildman–Crippen MR) is 106 cm³/mol. The molecule has 7 nitrogen and oxygen atoms in total. The van der Waals surface area contributed by atoms with Gasteiger partial charge in [-0.2, -0.15) is 0 Å². The van der Waals surface area contributed by atoms with Crippen molar-refractivity contribution in [1.29, 1.82) is 0 Å². The maximum absolute atomic E-state index is 11.6. The average Bonchev–Trinajstić information content (AvgIpc) is 3.10. The molecule has 2 N–H and O–H groups in total. The van der Waals surface area contributed by atoms with Gasteiger partial charge in [-0.3, -0.25) is 4.99 Å². The lowest BCUT2D eigenvalue weighted by Gasteiger charge is -2.21. The maximum Gasteiger partial charge on any atom is 0.194 e. The molecule has 2 aromatic rings. The summed E-state index contributed by atoms with van der Waals surface area (Å²) < 4.78 is 23.2. The van der Waals surface area contributed by atoms with E-state index in [1.165, 1.54) is 0 Å². The lowest BCUT2D eigenvalue weighted by Crippen LogP contribution is -2.39. The molecule has 0 radical (unpaired) electrons. The molecule has 0 fully saturated rings. The van der Waals surface area contributed by atoms with E-state index < -0.39 is 9.84 Å². The molecule has 0 aliphatic rings. The van der Waals surface area contributed by atoms with Crippen molar-refractivity contribution in [2.24, 2.45) is 4.99 Å². The average molecular weight is 378 g/mol. The third kappa shape index (κ3) is 5.87. The summed E-state index contributed by atoms with van der Waals surface area (Å²) in [5.41, 5.74) is 2.05. The number of benzene rings is 1. The van der Waals surface area contributed by atoms with Crippen molar-refractivity contribution in [2.45, 2.75) is 20.4 Å². The van der Waals surface area contributed by atoms with Crippen LogP contribution in [0.3, 0.4) is 0 Å². The Morgan fingerprint density at radius 2 is 2.00 bits per heavy atom. The van der Waals surface area contributed by atoms with Gasteiger partial charge in [0.25, 0.3) is 0 Å². The highest BCUT2D eigenvalue weighted by atomic mass is 32.2. The summed E-state index contributed by atoms with van der Waals surface area (Å²) in [6.45, 7) is 5.12. The summed E-state index contributed by atoms with van der Waals surface area (Å²) in [6, 6.07) is 10.0. The summed E-state index contributed by atoms with van der Waals surface area (Å²) in [5, 5.41) is 3.18. The molecule has 1 aromatic heterocycles. The third-order valence-electron chi connectivity index (χ3n) is 3.90. The third-order valence-corrected chi connectivity index (χ3v) is 5.58. The van der Waals surface area contributed by atoms with Crippen LogP contribution in [0.25, 0.3) is 11.3 Å². The molecule has 0 saturated carbocycles. The molecule has 1 aromatic carbocycles. The highest BCUT2D eigenvalue weighted by Crippen LogP contribution is 2.16. The van der Waals surface area contributed by atoms with Crippen LogP contribution in [0.1, 0.15) is 19.7 Å². The van der Waals surface area contributed by atoms with Crippen LogP contribution in [0.2, 0.25) is 0 Å². The zero-order chi connectivity index (χ0) is 19.0. The van der Waals surface area contributed by atoms with Gasteiger partial charge in [0.1, 0.15) is 5.82 Å². The second-order valence-corrected chi connectivity index (χ2v) is 8.41. The highest BCUT2D eigenvalue weighted by molar-refractivity contribution is 7.91. The fraction of sp³-hybridized carbons (Fsp3) is 0.444. The van der Waals surface area contributed by atoms with Gasteiger partial charge >= 0.3 is 0 Å². The Hall–Kier alpha value is -2.35. The first-order chi connectivity index (χ1) is 12.4. The first kappa shape index (κ1) is 20.0. The topological polar surface area (TPSA) is 90.4 Å². The molecule has 0 atom stereocenters. The fourth-order valence-electron chi connectivity index (χ4n) is 2.41. The van der Waals surface area contributed by atoms with Crippen molar-refractivity contribution in [1.82, 2.24) is 20.2 Å². The van der Waals surface area contributed by atoms with E-state index in [9.17, 15) is 8.42 Å². The van der Waals surface area contributed by atoms with Gasteiger partial charge in [0.2, 0.25) is 0 Å². The molecular weight excluding hydrogens is 350 g/mol. The molecule has 0 amide bonds. The van der Waals surface area contributed by atoms with Crippen molar-refractivity contribution in [2.75, 3.05) is 31.6 Å². The Morgan fingerprint density at radius 3 is 2.65 bits per heavy atom. The van der Waals surface area contributed by atoms with Gasteiger partial charge in [-0.1, -0.05) is 37.3 Å². The summed E-state index contributed by atoms with van der Waals surface area (Å²) >= 11 is 0. The van der Waals surface area contributed by atoms with E-state index >= 15 is 0 Å². The maximum atomic E-state index is 11.6. The second-order valence-electron chi connectivity index (χ2n) is 5.94. The number of hydrogen-bond donors (Lipinski definition) is 2. The van der Waals surface area contributed by atoms with Gasteiger partial charge in [-0.05, 0) is 12.5 Å². The van der Waals surface area contributed by atoms with E-state index in [2.05, 4.69) is 20.3 Å². The van der Waals surface area contributed by atoms with E-state index in [-0.39, 0.29) is 18.1 Å². The molecular formula is C18H27N5O2S. The van der Waals surface area contributed by atoms with Crippen LogP contribution in [0.5, 0.6) is 0 Å². The number of aromatic nitrogens is 2. The Balaban J connectivity index is 2.03. The van der Waals surface area contributed by atoms with E-state index in [1.807, 2.05) is 55.4 Å². The number of sulfone groups is 1. The van der Waals surface area contributed by atoms with Crippen molar-refractivity contribution < 1.29 is 8.42 Å². The van der Waals surface area contributed by atoms with Gasteiger partial charge < -0.3 is 15.2 Å². The standard InChI is InChI=1S/C18H27N5O2S/c1-4-19-18(20-11-12-26(24,25)5-2)23(3)14-17-21-13-16(22-17)15-9-7-6-8-10-15/h6-10,13H,4-5,11-12,14H2,1-3H3,(H,19,20)(H,21,22). The van der Waals surface area contributed by atoms with Crippen LogP contribution in [0.15, 0.2) is 41.5 Å². The van der Waals surface area contributed by atoms with Crippen molar-refractivity contribution in [3.63, 3.8) is 0 Å². The van der Waals surface area contributed by atoms with Gasteiger partial charge in [-0.25, -0.2) is 13.4 Å². The number of aromatic amines is 1. The second kappa shape index (κ2) is 9.38. The van der Waals surface area contributed by atoms with Crippen LogP contribution in [0, 0.1) is 0 Å². The molecule has 8 heteroatoms. The summed E-state index contributed by atoms with van der Waals surface area (Å²) in [7, 11) is -1.11. The number of rotatable bonds is 8. The molecule has 0 saturated heterocycles. The Morgan fingerprint density at radius 1 is 1.27 bits per heavy atom. The van der Waals surface area contributed by atoms with Crippen LogP contribution in [0.4, 0.5) is 0 Å². The van der Waals surface area contributed by atoms with Crippen molar-refractivity contribution in [3.8, 4) is 11.3 Å². The molecule has 1 heterocycles. The number of aliphatic imine (C=N–C) groups is 1. The van der Waals surface area contributed by atoms with E-state index in [4.69, 9.17) is 0 Å². The lowest BCUT2D eigenvalue weighted by atomic mass is 10.2. The molecule has 142 valence electrons. The Bertz CT molecular complexity index is 815. The number of H-pyrrole nitrogens is 1. The van der Waals surface area contributed by atoms with Crippen LogP contribution in [-0.2, 0) is 16.4 Å². The number of guanidine groups is 1. The van der Waals surface area contributed by atoms with Gasteiger partial charge in [0, 0.05) is 19.3 Å². The SMILES string of the molecule is CCNC(=NCCS(=O)(=O)CC)N(C)Cc1ncc(-c2ccccc2)[nH]1. The van der Waals surface area contributed by atoms with Gasteiger partial charge in [0.05, 0.1) is 30.7 Å².